The van der Waals surface area contributed by atoms with Gasteiger partial charge >= 0.3 is 5.97 Å². The molecule has 16 heavy (non-hydrogen) atoms. The second-order valence-corrected chi connectivity index (χ2v) is 3.63. The standard InChI is InChI=1S/C12H13ClO3/c1-2-3-4-7-16-9-5-6-11(13)10(8-9)12(14)15/h2,5-6,8H,1,3-4,7H2,(H,14,15). The lowest BCUT2D eigenvalue weighted by Crippen LogP contribution is -2.01. The fraction of sp³-hybridized carbons (Fsp3) is 0.250. The molecule has 0 aromatic heterocycles. The predicted octanol–water partition coefficient (Wildman–Crippen LogP) is 3.38. The Hall–Kier alpha value is -1.48. The smallest absolute Gasteiger partial charge is 0.337 e. The quantitative estimate of drug-likeness (QED) is 0.613. The van der Waals surface area contributed by atoms with Crippen LogP contribution in [0, 0.1) is 0 Å². The van der Waals surface area contributed by atoms with Gasteiger partial charge in [-0.05, 0) is 31.0 Å². The molecule has 0 fully saturated rings. The highest BCUT2D eigenvalue weighted by molar-refractivity contribution is 6.33. The molecule has 0 aliphatic heterocycles. The molecule has 0 aliphatic carbocycles. The van der Waals surface area contributed by atoms with Crippen molar-refractivity contribution in [1.82, 2.24) is 0 Å². The molecule has 4 heteroatoms. The summed E-state index contributed by atoms with van der Waals surface area (Å²) < 4.78 is 5.38. The van der Waals surface area contributed by atoms with E-state index in [2.05, 4.69) is 6.58 Å². The summed E-state index contributed by atoms with van der Waals surface area (Å²) in [6, 6.07) is 4.61. The number of carbonyl (C=O) groups is 1. The van der Waals surface area contributed by atoms with Gasteiger partial charge in [0, 0.05) is 0 Å². The minimum absolute atomic E-state index is 0.0582. The molecule has 86 valence electrons. The largest absolute Gasteiger partial charge is 0.494 e. The summed E-state index contributed by atoms with van der Waals surface area (Å²) >= 11 is 5.73. The fourth-order valence-corrected chi connectivity index (χ4v) is 1.37. The zero-order valence-electron chi connectivity index (χ0n) is 8.78. The van der Waals surface area contributed by atoms with E-state index in [1.807, 2.05) is 6.08 Å². The second kappa shape index (κ2) is 6.18. The number of hydrogen-bond donors (Lipinski definition) is 1. The van der Waals surface area contributed by atoms with E-state index >= 15 is 0 Å². The molecule has 0 aliphatic rings. The Balaban J connectivity index is 2.64. The van der Waals surface area contributed by atoms with Crippen LogP contribution in [0.4, 0.5) is 0 Å². The Labute approximate surface area is 99.3 Å². The highest BCUT2D eigenvalue weighted by Gasteiger charge is 2.09. The van der Waals surface area contributed by atoms with Crippen LogP contribution in [0.5, 0.6) is 5.75 Å². The van der Waals surface area contributed by atoms with E-state index in [0.29, 0.717) is 12.4 Å². The molecule has 1 aromatic rings. The molecule has 0 saturated carbocycles. The third kappa shape index (κ3) is 3.59. The number of carboxylic acids is 1. The minimum Gasteiger partial charge on any atom is -0.494 e. The van der Waals surface area contributed by atoms with Gasteiger partial charge in [-0.15, -0.1) is 6.58 Å². The summed E-state index contributed by atoms with van der Waals surface area (Å²) in [6.45, 7) is 4.14. The van der Waals surface area contributed by atoms with E-state index in [9.17, 15) is 4.79 Å². The maximum absolute atomic E-state index is 10.8. The van der Waals surface area contributed by atoms with E-state index < -0.39 is 5.97 Å². The van der Waals surface area contributed by atoms with Gasteiger partial charge in [0.15, 0.2) is 0 Å². The Kier molecular flexibility index (Phi) is 4.86. The van der Waals surface area contributed by atoms with Crippen molar-refractivity contribution in [2.75, 3.05) is 6.61 Å². The lowest BCUT2D eigenvalue weighted by molar-refractivity contribution is 0.0696. The first-order chi connectivity index (χ1) is 7.65. The first-order valence-corrected chi connectivity index (χ1v) is 5.29. The molecule has 0 atom stereocenters. The number of rotatable bonds is 6. The molecule has 0 saturated heterocycles. The summed E-state index contributed by atoms with van der Waals surface area (Å²) in [4.78, 5) is 10.8. The van der Waals surface area contributed by atoms with E-state index in [4.69, 9.17) is 21.4 Å². The monoisotopic (exact) mass is 240 g/mol. The van der Waals surface area contributed by atoms with Gasteiger partial charge in [-0.25, -0.2) is 4.79 Å². The van der Waals surface area contributed by atoms with Crippen molar-refractivity contribution in [3.05, 3.63) is 41.4 Å². The summed E-state index contributed by atoms with van der Waals surface area (Å²) in [5.74, 6) is -0.535. The van der Waals surface area contributed by atoms with Crippen LogP contribution in [0.3, 0.4) is 0 Å². The van der Waals surface area contributed by atoms with Gasteiger partial charge in [0.05, 0.1) is 17.2 Å². The van der Waals surface area contributed by atoms with Gasteiger partial charge < -0.3 is 9.84 Å². The van der Waals surface area contributed by atoms with E-state index in [0.717, 1.165) is 12.8 Å². The molecule has 1 rings (SSSR count). The Morgan fingerprint density at radius 2 is 2.31 bits per heavy atom. The van der Waals surface area contributed by atoms with Gasteiger partial charge in [-0.2, -0.15) is 0 Å². The number of allylic oxidation sites excluding steroid dienone is 1. The normalized spacial score (nSPS) is 9.81. The summed E-state index contributed by atoms with van der Waals surface area (Å²) in [7, 11) is 0. The molecule has 1 aromatic carbocycles. The van der Waals surface area contributed by atoms with Gasteiger partial charge in [0.25, 0.3) is 0 Å². The summed E-state index contributed by atoms with van der Waals surface area (Å²) in [5, 5.41) is 9.06. The number of hydrogen-bond acceptors (Lipinski definition) is 2. The van der Waals surface area contributed by atoms with Crippen molar-refractivity contribution < 1.29 is 14.6 Å². The fourth-order valence-electron chi connectivity index (χ4n) is 1.18. The number of halogens is 1. The first kappa shape index (κ1) is 12.6. The SMILES string of the molecule is C=CCCCOc1ccc(Cl)c(C(=O)O)c1. The molecule has 0 amide bonds. The lowest BCUT2D eigenvalue weighted by atomic mass is 10.2. The highest BCUT2D eigenvalue weighted by Crippen LogP contribution is 2.22. The molecule has 1 N–H and O–H groups in total. The maximum atomic E-state index is 10.8. The van der Waals surface area contributed by atoms with E-state index in [1.54, 1.807) is 6.07 Å². The van der Waals surface area contributed by atoms with Crippen LogP contribution < -0.4 is 4.74 Å². The summed E-state index contributed by atoms with van der Waals surface area (Å²) in [6.07, 6.45) is 3.54. The zero-order chi connectivity index (χ0) is 12.0. The van der Waals surface area contributed by atoms with Crippen molar-refractivity contribution in [2.45, 2.75) is 12.8 Å². The maximum Gasteiger partial charge on any atom is 0.337 e. The van der Waals surface area contributed by atoms with Crippen LogP contribution in [-0.4, -0.2) is 17.7 Å². The highest BCUT2D eigenvalue weighted by atomic mass is 35.5. The summed E-state index contributed by atoms with van der Waals surface area (Å²) in [5.41, 5.74) is 0.0582. The first-order valence-electron chi connectivity index (χ1n) is 4.91. The Bertz CT molecular complexity index is 388. The molecular formula is C12H13ClO3. The van der Waals surface area contributed by atoms with E-state index in [-0.39, 0.29) is 10.6 Å². The minimum atomic E-state index is -1.05. The Morgan fingerprint density at radius 3 is 2.94 bits per heavy atom. The molecule has 3 nitrogen and oxygen atoms in total. The van der Waals surface area contributed by atoms with Gasteiger partial charge in [-0.3, -0.25) is 0 Å². The topological polar surface area (TPSA) is 46.5 Å². The zero-order valence-corrected chi connectivity index (χ0v) is 9.54. The van der Waals surface area contributed by atoms with Crippen LogP contribution in [0.2, 0.25) is 5.02 Å². The average Bonchev–Trinajstić information content (AvgIpc) is 2.26. The van der Waals surface area contributed by atoms with Crippen LogP contribution in [0.25, 0.3) is 0 Å². The predicted molar refractivity (Wildman–Crippen MR) is 63.3 cm³/mol. The molecular weight excluding hydrogens is 228 g/mol. The Morgan fingerprint density at radius 1 is 1.56 bits per heavy atom. The molecule has 0 radical (unpaired) electrons. The van der Waals surface area contributed by atoms with Crippen molar-refractivity contribution >= 4 is 17.6 Å². The second-order valence-electron chi connectivity index (χ2n) is 3.23. The van der Waals surface area contributed by atoms with E-state index in [1.165, 1.54) is 12.1 Å². The average molecular weight is 241 g/mol. The van der Waals surface area contributed by atoms with Crippen molar-refractivity contribution in [3.8, 4) is 5.75 Å². The number of aromatic carboxylic acids is 1. The lowest BCUT2D eigenvalue weighted by Gasteiger charge is -2.06. The van der Waals surface area contributed by atoms with Crippen molar-refractivity contribution in [1.29, 1.82) is 0 Å². The van der Waals surface area contributed by atoms with Crippen molar-refractivity contribution in [3.63, 3.8) is 0 Å². The number of carboxylic acid groups (broad SMARTS) is 1. The number of ether oxygens (including phenoxy) is 1. The van der Waals surface area contributed by atoms with Crippen LogP contribution in [0.15, 0.2) is 30.9 Å². The third-order valence-electron chi connectivity index (χ3n) is 1.99. The molecule has 0 spiro atoms. The molecule has 0 bridgehead atoms. The number of benzene rings is 1. The number of unbranched alkanes of at least 4 members (excludes halogenated alkanes) is 1. The molecule has 0 unspecified atom stereocenters. The third-order valence-corrected chi connectivity index (χ3v) is 2.32. The van der Waals surface area contributed by atoms with Crippen molar-refractivity contribution in [2.24, 2.45) is 0 Å². The van der Waals surface area contributed by atoms with Gasteiger partial charge in [0.1, 0.15) is 5.75 Å². The van der Waals surface area contributed by atoms with Gasteiger partial charge in [-0.1, -0.05) is 17.7 Å². The van der Waals surface area contributed by atoms with Crippen LogP contribution in [0.1, 0.15) is 23.2 Å². The van der Waals surface area contributed by atoms with Crippen LogP contribution >= 0.6 is 11.6 Å². The van der Waals surface area contributed by atoms with Crippen LogP contribution in [-0.2, 0) is 0 Å². The van der Waals surface area contributed by atoms with Gasteiger partial charge in [0.2, 0.25) is 0 Å². The molecule has 0 heterocycles.